The summed E-state index contributed by atoms with van der Waals surface area (Å²) >= 11 is 0. The summed E-state index contributed by atoms with van der Waals surface area (Å²) in [6.45, 7) is 5.04. The van der Waals surface area contributed by atoms with Crippen LogP contribution in [-0.2, 0) is 15.7 Å². The molecule has 104 valence electrons. The zero-order valence-electron chi connectivity index (χ0n) is 10.7. The number of nitrogens with zero attached hydrogens (tertiary/aromatic N) is 2. The van der Waals surface area contributed by atoms with Gasteiger partial charge in [-0.15, -0.1) is 0 Å². The quantitative estimate of drug-likeness (QED) is 0.614. The zero-order valence-corrected chi connectivity index (χ0v) is 10.7. The van der Waals surface area contributed by atoms with Crippen LogP contribution in [0.1, 0.15) is 32.3 Å². The Hall–Kier alpha value is -1.92. The Morgan fingerprint density at radius 3 is 2.47 bits per heavy atom. The van der Waals surface area contributed by atoms with Crippen molar-refractivity contribution < 1.29 is 22.7 Å². The summed E-state index contributed by atoms with van der Waals surface area (Å²) in [6.07, 6.45) is -1.51. The van der Waals surface area contributed by atoms with E-state index in [0.29, 0.717) is 0 Å². The van der Waals surface area contributed by atoms with Crippen LogP contribution in [0.2, 0.25) is 0 Å². The second kappa shape index (κ2) is 5.38. The van der Waals surface area contributed by atoms with Crippen molar-refractivity contribution in [3.8, 4) is 0 Å². The number of hydrogen-bond acceptors (Lipinski definition) is 4. The molecule has 0 saturated carbocycles. The maximum Gasteiger partial charge on any atom is 0.433 e. The third kappa shape index (κ3) is 5.50. The summed E-state index contributed by atoms with van der Waals surface area (Å²) in [5, 5.41) is 0. The molecule has 1 aromatic rings. The summed E-state index contributed by atoms with van der Waals surface area (Å²) in [5.41, 5.74) is -1.73. The van der Waals surface area contributed by atoms with Crippen molar-refractivity contribution >= 4 is 12.0 Å². The second-order valence-electron chi connectivity index (χ2n) is 4.66. The average Bonchev–Trinajstić information content (AvgIpc) is 2.23. The maximum atomic E-state index is 12.4. The Balaban J connectivity index is 2.80. The van der Waals surface area contributed by atoms with Crippen molar-refractivity contribution in [1.29, 1.82) is 0 Å². The molecule has 0 amide bonds. The van der Waals surface area contributed by atoms with E-state index in [1.807, 2.05) is 0 Å². The molecule has 0 fully saturated rings. The molecule has 0 saturated heterocycles. The molecular weight excluding hydrogens is 261 g/mol. The molecule has 1 heterocycles. The number of esters is 1. The number of carbonyl (C=O) groups is 1. The first-order valence-electron chi connectivity index (χ1n) is 5.39. The van der Waals surface area contributed by atoms with E-state index in [0.717, 1.165) is 24.4 Å². The average molecular weight is 274 g/mol. The van der Waals surface area contributed by atoms with E-state index < -0.39 is 23.4 Å². The molecule has 0 N–H and O–H groups in total. The van der Waals surface area contributed by atoms with Gasteiger partial charge in [0.1, 0.15) is 11.3 Å². The third-order valence-corrected chi connectivity index (χ3v) is 1.74. The van der Waals surface area contributed by atoms with Crippen molar-refractivity contribution in [2.75, 3.05) is 0 Å². The monoisotopic (exact) mass is 274 g/mol. The fourth-order valence-electron chi connectivity index (χ4n) is 1.09. The third-order valence-electron chi connectivity index (χ3n) is 1.74. The Morgan fingerprint density at radius 1 is 1.32 bits per heavy atom. The lowest BCUT2D eigenvalue weighted by atomic mass is 10.2. The molecule has 1 aromatic heterocycles. The number of ether oxygens (including phenoxy) is 1. The van der Waals surface area contributed by atoms with Crippen LogP contribution in [0.25, 0.3) is 6.08 Å². The maximum absolute atomic E-state index is 12.4. The topological polar surface area (TPSA) is 52.1 Å². The van der Waals surface area contributed by atoms with E-state index in [2.05, 4.69) is 9.97 Å². The normalized spacial score (nSPS) is 12.7. The van der Waals surface area contributed by atoms with Crippen molar-refractivity contribution in [1.82, 2.24) is 9.97 Å². The predicted octanol–water partition coefficient (Wildman–Crippen LogP) is 2.85. The summed E-state index contributed by atoms with van der Waals surface area (Å²) in [7, 11) is 0. The molecule has 1 rings (SSSR count). The lowest BCUT2D eigenvalue weighted by molar-refractivity contribution is -0.148. The van der Waals surface area contributed by atoms with Crippen molar-refractivity contribution in [3.63, 3.8) is 0 Å². The predicted molar refractivity (Wildman–Crippen MR) is 61.9 cm³/mol. The zero-order chi connectivity index (χ0) is 14.7. The fraction of sp³-hybridized carbons (Fsp3) is 0.417. The van der Waals surface area contributed by atoms with Gasteiger partial charge in [-0.05, 0) is 32.9 Å². The number of hydrogen-bond donors (Lipinski definition) is 0. The molecule has 4 nitrogen and oxygen atoms in total. The molecule has 0 spiro atoms. The number of halogens is 3. The minimum Gasteiger partial charge on any atom is -0.457 e. The first kappa shape index (κ1) is 15.1. The van der Waals surface area contributed by atoms with Gasteiger partial charge in [0.2, 0.25) is 0 Å². The Bertz CT molecular complexity index is 490. The Morgan fingerprint density at radius 2 is 1.95 bits per heavy atom. The van der Waals surface area contributed by atoms with Gasteiger partial charge in [-0.1, -0.05) is 0 Å². The van der Waals surface area contributed by atoms with Crippen LogP contribution in [-0.4, -0.2) is 21.5 Å². The van der Waals surface area contributed by atoms with Gasteiger partial charge in [0.15, 0.2) is 5.82 Å². The van der Waals surface area contributed by atoms with Crippen LogP contribution in [0, 0.1) is 0 Å². The van der Waals surface area contributed by atoms with E-state index >= 15 is 0 Å². The van der Waals surface area contributed by atoms with Crippen molar-refractivity contribution in [2.24, 2.45) is 0 Å². The van der Waals surface area contributed by atoms with Gasteiger partial charge in [0, 0.05) is 12.3 Å². The molecule has 0 atom stereocenters. The molecule has 0 aliphatic heterocycles. The van der Waals surface area contributed by atoms with Gasteiger partial charge in [-0.25, -0.2) is 14.8 Å². The highest BCUT2D eigenvalue weighted by Crippen LogP contribution is 2.27. The van der Waals surface area contributed by atoms with Crippen LogP contribution in [0.4, 0.5) is 13.2 Å². The Labute approximate surface area is 108 Å². The molecule has 0 aromatic carbocycles. The lowest BCUT2D eigenvalue weighted by Crippen LogP contribution is -2.22. The fourth-order valence-corrected chi connectivity index (χ4v) is 1.09. The van der Waals surface area contributed by atoms with Crippen LogP contribution < -0.4 is 0 Å². The summed E-state index contributed by atoms with van der Waals surface area (Å²) in [5.74, 6) is -0.880. The van der Waals surface area contributed by atoms with E-state index in [1.165, 1.54) is 0 Å². The standard InChI is InChI=1S/C12H13F3N2O2/c1-11(2,3)19-10(18)5-4-9-16-7-6-8(17-9)12(13,14)15/h4-7H,1-3H3. The van der Waals surface area contributed by atoms with Gasteiger partial charge in [-0.2, -0.15) is 13.2 Å². The van der Waals surface area contributed by atoms with Gasteiger partial charge >= 0.3 is 12.1 Å². The summed E-state index contributed by atoms with van der Waals surface area (Å²) < 4.78 is 42.1. The number of aromatic nitrogens is 2. The van der Waals surface area contributed by atoms with E-state index in [1.54, 1.807) is 20.8 Å². The van der Waals surface area contributed by atoms with E-state index in [4.69, 9.17) is 4.74 Å². The highest BCUT2D eigenvalue weighted by atomic mass is 19.4. The Kier molecular flexibility index (Phi) is 4.28. The first-order chi connectivity index (χ1) is 8.58. The first-order valence-corrected chi connectivity index (χ1v) is 5.39. The largest absolute Gasteiger partial charge is 0.457 e. The summed E-state index contributed by atoms with van der Waals surface area (Å²) in [6, 6.07) is 0.755. The van der Waals surface area contributed by atoms with Crippen molar-refractivity contribution in [3.05, 3.63) is 29.9 Å². The number of carbonyl (C=O) groups excluding carboxylic acids is 1. The molecule has 0 aliphatic carbocycles. The molecule has 0 aliphatic rings. The van der Waals surface area contributed by atoms with Crippen molar-refractivity contribution in [2.45, 2.75) is 32.5 Å². The highest BCUT2D eigenvalue weighted by Gasteiger charge is 2.32. The minimum atomic E-state index is -4.54. The van der Waals surface area contributed by atoms with Crippen LogP contribution in [0.3, 0.4) is 0 Å². The molecule has 0 bridgehead atoms. The molecule has 0 unspecified atom stereocenters. The molecular formula is C12H13F3N2O2. The smallest absolute Gasteiger partial charge is 0.433 e. The van der Waals surface area contributed by atoms with Crippen LogP contribution in [0.15, 0.2) is 18.3 Å². The highest BCUT2D eigenvalue weighted by molar-refractivity contribution is 5.86. The van der Waals surface area contributed by atoms with E-state index in [-0.39, 0.29) is 5.82 Å². The van der Waals surface area contributed by atoms with Gasteiger partial charge in [0.05, 0.1) is 0 Å². The summed E-state index contributed by atoms with van der Waals surface area (Å²) in [4.78, 5) is 18.2. The van der Waals surface area contributed by atoms with Crippen LogP contribution in [0.5, 0.6) is 0 Å². The van der Waals surface area contributed by atoms with Gasteiger partial charge < -0.3 is 4.74 Å². The van der Waals surface area contributed by atoms with Crippen LogP contribution >= 0.6 is 0 Å². The lowest BCUT2D eigenvalue weighted by Gasteiger charge is -2.17. The minimum absolute atomic E-state index is 0.208. The molecule has 0 radical (unpaired) electrons. The molecule has 7 heteroatoms. The second-order valence-corrected chi connectivity index (χ2v) is 4.66. The number of rotatable bonds is 2. The van der Waals surface area contributed by atoms with Gasteiger partial charge in [0.25, 0.3) is 0 Å². The molecule has 19 heavy (non-hydrogen) atoms. The SMILES string of the molecule is CC(C)(C)OC(=O)C=Cc1nccc(C(F)(F)F)n1. The van der Waals surface area contributed by atoms with Gasteiger partial charge in [-0.3, -0.25) is 0 Å². The number of alkyl halides is 3. The van der Waals surface area contributed by atoms with E-state index in [9.17, 15) is 18.0 Å².